The number of fused-ring (bicyclic) bond motifs is 1. The Morgan fingerprint density at radius 1 is 1.00 bits per heavy atom. The molecule has 3 aromatic rings. The summed E-state index contributed by atoms with van der Waals surface area (Å²) in [6, 6.07) is 14.0. The summed E-state index contributed by atoms with van der Waals surface area (Å²) in [5, 5.41) is 4.97. The summed E-state index contributed by atoms with van der Waals surface area (Å²) in [5.74, 6) is 0.774. The van der Waals surface area contributed by atoms with Crippen molar-refractivity contribution in [2.45, 2.75) is 0 Å². The van der Waals surface area contributed by atoms with Crippen LogP contribution in [0.15, 0.2) is 48.8 Å². The molecule has 122 valence electrons. The van der Waals surface area contributed by atoms with Gasteiger partial charge in [0.1, 0.15) is 12.1 Å². The SMILES string of the molecule is Clc1ccc2c(Nc3ccc(N4CCOCC4)cc3)ncnc2c1. The first-order chi connectivity index (χ1) is 11.8. The summed E-state index contributed by atoms with van der Waals surface area (Å²) in [7, 11) is 0. The number of benzene rings is 2. The van der Waals surface area contributed by atoms with Crippen molar-refractivity contribution < 1.29 is 4.74 Å². The molecule has 4 rings (SSSR count). The van der Waals surface area contributed by atoms with E-state index >= 15 is 0 Å². The Morgan fingerprint density at radius 2 is 1.79 bits per heavy atom. The maximum Gasteiger partial charge on any atom is 0.141 e. The molecule has 1 aliphatic rings. The molecule has 0 bridgehead atoms. The predicted molar refractivity (Wildman–Crippen MR) is 97.3 cm³/mol. The molecule has 5 nitrogen and oxygen atoms in total. The first kappa shape index (κ1) is 15.2. The monoisotopic (exact) mass is 340 g/mol. The van der Waals surface area contributed by atoms with Crippen molar-refractivity contribution in [1.82, 2.24) is 9.97 Å². The number of morpholine rings is 1. The molecule has 24 heavy (non-hydrogen) atoms. The lowest BCUT2D eigenvalue weighted by Crippen LogP contribution is -2.36. The number of hydrogen-bond donors (Lipinski definition) is 1. The maximum atomic E-state index is 6.03. The Kier molecular flexibility index (Phi) is 4.19. The minimum absolute atomic E-state index is 0.669. The third-order valence-corrected chi connectivity index (χ3v) is 4.34. The number of aromatic nitrogens is 2. The topological polar surface area (TPSA) is 50.3 Å². The van der Waals surface area contributed by atoms with Gasteiger partial charge in [0, 0.05) is 34.9 Å². The Morgan fingerprint density at radius 3 is 2.58 bits per heavy atom. The van der Waals surface area contributed by atoms with Crippen molar-refractivity contribution in [1.29, 1.82) is 0 Å². The summed E-state index contributed by atoms with van der Waals surface area (Å²) in [4.78, 5) is 10.9. The Hall–Kier alpha value is -2.37. The van der Waals surface area contributed by atoms with E-state index in [4.69, 9.17) is 16.3 Å². The van der Waals surface area contributed by atoms with Crippen LogP contribution in [0.25, 0.3) is 10.9 Å². The van der Waals surface area contributed by atoms with Gasteiger partial charge in [-0.3, -0.25) is 0 Å². The van der Waals surface area contributed by atoms with Gasteiger partial charge in [-0.15, -0.1) is 0 Å². The predicted octanol–water partition coefficient (Wildman–Crippen LogP) is 3.86. The standard InChI is InChI=1S/C18H17ClN4O/c19-13-1-6-16-17(11-13)20-12-21-18(16)22-14-2-4-15(5-3-14)23-7-9-24-10-8-23/h1-6,11-12H,7-10H2,(H,20,21,22). The summed E-state index contributed by atoms with van der Waals surface area (Å²) in [6.45, 7) is 3.44. The van der Waals surface area contributed by atoms with Gasteiger partial charge < -0.3 is 15.0 Å². The molecule has 0 unspecified atom stereocenters. The number of nitrogens with zero attached hydrogens (tertiary/aromatic N) is 3. The number of halogens is 1. The molecule has 1 aliphatic heterocycles. The average molecular weight is 341 g/mol. The molecule has 0 atom stereocenters. The number of hydrogen-bond acceptors (Lipinski definition) is 5. The highest BCUT2D eigenvalue weighted by Gasteiger charge is 2.11. The lowest BCUT2D eigenvalue weighted by atomic mass is 10.2. The second kappa shape index (κ2) is 6.63. The molecule has 1 saturated heterocycles. The van der Waals surface area contributed by atoms with E-state index < -0.39 is 0 Å². The van der Waals surface area contributed by atoms with Crippen molar-refractivity contribution in [2.24, 2.45) is 0 Å². The minimum Gasteiger partial charge on any atom is -0.378 e. The van der Waals surface area contributed by atoms with Crippen LogP contribution in [-0.2, 0) is 4.74 Å². The fourth-order valence-electron chi connectivity index (χ4n) is 2.84. The highest BCUT2D eigenvalue weighted by Crippen LogP contribution is 2.26. The molecule has 0 amide bonds. The average Bonchev–Trinajstić information content (AvgIpc) is 2.63. The lowest BCUT2D eigenvalue weighted by Gasteiger charge is -2.28. The van der Waals surface area contributed by atoms with Gasteiger partial charge >= 0.3 is 0 Å². The molecular formula is C18H17ClN4O. The van der Waals surface area contributed by atoms with Crippen molar-refractivity contribution in [3.05, 3.63) is 53.8 Å². The molecule has 1 N–H and O–H groups in total. The molecule has 0 saturated carbocycles. The van der Waals surface area contributed by atoms with Gasteiger partial charge in [0.05, 0.1) is 18.7 Å². The van der Waals surface area contributed by atoms with Gasteiger partial charge in [0.15, 0.2) is 0 Å². The minimum atomic E-state index is 0.669. The molecule has 6 heteroatoms. The van der Waals surface area contributed by atoms with Crippen LogP contribution in [0, 0.1) is 0 Å². The largest absolute Gasteiger partial charge is 0.378 e. The molecule has 2 aromatic carbocycles. The van der Waals surface area contributed by atoms with Crippen LogP contribution < -0.4 is 10.2 Å². The van der Waals surface area contributed by atoms with Gasteiger partial charge in [0.25, 0.3) is 0 Å². The van der Waals surface area contributed by atoms with Gasteiger partial charge in [-0.05, 0) is 42.5 Å². The fraction of sp³-hybridized carbons (Fsp3) is 0.222. The van der Waals surface area contributed by atoms with Crippen molar-refractivity contribution in [3.63, 3.8) is 0 Å². The summed E-state index contributed by atoms with van der Waals surface area (Å²) < 4.78 is 5.40. The van der Waals surface area contributed by atoms with Crippen LogP contribution in [0.2, 0.25) is 5.02 Å². The lowest BCUT2D eigenvalue weighted by molar-refractivity contribution is 0.122. The van der Waals surface area contributed by atoms with E-state index in [-0.39, 0.29) is 0 Å². The molecule has 2 heterocycles. The molecule has 0 radical (unpaired) electrons. The van der Waals surface area contributed by atoms with E-state index in [0.717, 1.165) is 48.7 Å². The summed E-state index contributed by atoms with van der Waals surface area (Å²) >= 11 is 6.03. The molecule has 1 fully saturated rings. The molecule has 0 spiro atoms. The third kappa shape index (κ3) is 3.13. The van der Waals surface area contributed by atoms with Crippen molar-refractivity contribution in [3.8, 4) is 0 Å². The number of anilines is 3. The van der Waals surface area contributed by atoms with E-state index in [1.54, 1.807) is 6.33 Å². The first-order valence-electron chi connectivity index (χ1n) is 7.90. The van der Waals surface area contributed by atoms with Gasteiger partial charge in [0.2, 0.25) is 0 Å². The van der Waals surface area contributed by atoms with Crippen molar-refractivity contribution >= 4 is 39.7 Å². The zero-order chi connectivity index (χ0) is 16.4. The summed E-state index contributed by atoms with van der Waals surface area (Å²) in [6.07, 6.45) is 1.54. The van der Waals surface area contributed by atoms with E-state index in [2.05, 4.69) is 44.5 Å². The Balaban J connectivity index is 1.57. The third-order valence-electron chi connectivity index (χ3n) is 4.10. The number of rotatable bonds is 3. The molecule has 1 aromatic heterocycles. The van der Waals surface area contributed by atoms with Gasteiger partial charge in [-0.2, -0.15) is 0 Å². The quantitative estimate of drug-likeness (QED) is 0.784. The smallest absolute Gasteiger partial charge is 0.141 e. The Labute approximate surface area is 145 Å². The zero-order valence-electron chi connectivity index (χ0n) is 13.1. The highest BCUT2D eigenvalue weighted by atomic mass is 35.5. The van der Waals surface area contributed by atoms with E-state index in [0.29, 0.717) is 5.02 Å². The van der Waals surface area contributed by atoms with Crippen LogP contribution in [0.3, 0.4) is 0 Å². The van der Waals surface area contributed by atoms with Crippen LogP contribution in [-0.4, -0.2) is 36.3 Å². The van der Waals surface area contributed by atoms with Crippen molar-refractivity contribution in [2.75, 3.05) is 36.5 Å². The second-order valence-electron chi connectivity index (χ2n) is 5.66. The molecule has 0 aliphatic carbocycles. The van der Waals surface area contributed by atoms with Crippen LogP contribution in [0.5, 0.6) is 0 Å². The normalized spacial score (nSPS) is 14.8. The van der Waals surface area contributed by atoms with Gasteiger partial charge in [-0.25, -0.2) is 9.97 Å². The molecular weight excluding hydrogens is 324 g/mol. The van der Waals surface area contributed by atoms with Crippen LogP contribution in [0.1, 0.15) is 0 Å². The number of ether oxygens (including phenoxy) is 1. The van der Waals surface area contributed by atoms with E-state index in [9.17, 15) is 0 Å². The Bertz CT molecular complexity index is 847. The maximum absolute atomic E-state index is 6.03. The van der Waals surface area contributed by atoms with E-state index in [1.165, 1.54) is 5.69 Å². The van der Waals surface area contributed by atoms with Crippen LogP contribution >= 0.6 is 11.6 Å². The second-order valence-corrected chi connectivity index (χ2v) is 6.09. The fourth-order valence-corrected chi connectivity index (χ4v) is 3.01. The van der Waals surface area contributed by atoms with Crippen LogP contribution in [0.4, 0.5) is 17.2 Å². The summed E-state index contributed by atoms with van der Waals surface area (Å²) in [5.41, 5.74) is 3.02. The number of nitrogens with one attached hydrogen (secondary N) is 1. The highest BCUT2D eigenvalue weighted by molar-refractivity contribution is 6.31. The van der Waals surface area contributed by atoms with Gasteiger partial charge in [-0.1, -0.05) is 11.6 Å². The van der Waals surface area contributed by atoms with E-state index in [1.807, 2.05) is 18.2 Å². The zero-order valence-corrected chi connectivity index (χ0v) is 13.8. The first-order valence-corrected chi connectivity index (χ1v) is 8.27.